The summed E-state index contributed by atoms with van der Waals surface area (Å²) in [5.74, 6) is 1.44. The molecule has 6 heteroatoms. The molecule has 3 aromatic carbocycles. The fourth-order valence-electron chi connectivity index (χ4n) is 4.84. The van der Waals surface area contributed by atoms with Gasteiger partial charge in [0.25, 0.3) is 0 Å². The van der Waals surface area contributed by atoms with Crippen molar-refractivity contribution in [2.75, 3.05) is 20.3 Å². The molecule has 1 aliphatic rings. The van der Waals surface area contributed by atoms with E-state index in [2.05, 4.69) is 17.4 Å². The minimum atomic E-state index is -0.356. The van der Waals surface area contributed by atoms with E-state index in [1.165, 1.54) is 38.4 Å². The number of methoxy groups -OCH3 is 1. The maximum Gasteiger partial charge on any atom is 0.338 e. The number of ether oxygens (including phenoxy) is 3. The number of benzene rings is 3. The average Bonchev–Trinajstić information content (AvgIpc) is 3.37. The Morgan fingerprint density at radius 3 is 2.31 bits per heavy atom. The van der Waals surface area contributed by atoms with Gasteiger partial charge in [0, 0.05) is 11.1 Å². The van der Waals surface area contributed by atoms with Crippen LogP contribution in [0.5, 0.6) is 17.2 Å². The second-order valence-electron chi connectivity index (χ2n) is 9.37. The normalized spacial score (nSPS) is 14.4. The van der Waals surface area contributed by atoms with E-state index in [0.717, 1.165) is 36.4 Å². The summed E-state index contributed by atoms with van der Waals surface area (Å²) in [6, 6.07) is 22.5. The Morgan fingerprint density at radius 1 is 0.917 bits per heavy atom. The number of nitrogens with one attached hydrogen (secondary N) is 1. The molecule has 1 fully saturated rings. The highest BCUT2D eigenvalue weighted by molar-refractivity contribution is 5.90. The van der Waals surface area contributed by atoms with E-state index in [1.54, 1.807) is 30.3 Å². The largest absolute Gasteiger partial charge is 0.508 e. The van der Waals surface area contributed by atoms with E-state index in [9.17, 15) is 9.90 Å². The maximum atomic E-state index is 12.0. The first-order chi connectivity index (χ1) is 17.6. The fraction of sp³-hybridized carbons (Fsp3) is 0.367. The first kappa shape index (κ1) is 25.6. The first-order valence-corrected chi connectivity index (χ1v) is 12.6. The number of rotatable bonds is 12. The summed E-state index contributed by atoms with van der Waals surface area (Å²) in [6.45, 7) is 1.85. The third kappa shape index (κ3) is 7.01. The van der Waals surface area contributed by atoms with E-state index < -0.39 is 0 Å². The molecule has 0 saturated heterocycles. The lowest BCUT2D eigenvalue weighted by atomic mass is 9.89. The second-order valence-corrected chi connectivity index (χ2v) is 9.37. The van der Waals surface area contributed by atoms with Gasteiger partial charge in [0.1, 0.15) is 23.9 Å². The van der Waals surface area contributed by atoms with Crippen molar-refractivity contribution in [2.45, 2.75) is 50.7 Å². The third-order valence-corrected chi connectivity index (χ3v) is 6.77. The summed E-state index contributed by atoms with van der Waals surface area (Å²) in [7, 11) is 1.39. The summed E-state index contributed by atoms with van der Waals surface area (Å²) >= 11 is 0. The molecule has 1 saturated carbocycles. The standard InChI is InChI=1S/C30H35NO5/c1-34-29(33)28-8-3-2-7-24(28)22-36-27-13-9-23(10-14-27)21-30(17-4-5-18-30)31-19-6-20-35-26-15-11-25(32)12-16-26/h2-3,7-16,31-32H,4-6,17-22H2,1H3. The van der Waals surface area contributed by atoms with Crippen LogP contribution in [0.3, 0.4) is 0 Å². The number of hydrogen-bond acceptors (Lipinski definition) is 6. The lowest BCUT2D eigenvalue weighted by Crippen LogP contribution is -2.45. The molecule has 0 aromatic heterocycles. The lowest BCUT2D eigenvalue weighted by molar-refractivity contribution is 0.0597. The predicted octanol–water partition coefficient (Wildman–Crippen LogP) is 5.67. The molecule has 3 aromatic rings. The van der Waals surface area contributed by atoms with Crippen molar-refractivity contribution in [3.05, 3.63) is 89.5 Å². The Kier molecular flexibility index (Phi) is 8.85. The first-order valence-electron chi connectivity index (χ1n) is 12.6. The summed E-state index contributed by atoms with van der Waals surface area (Å²) in [5, 5.41) is 13.2. The van der Waals surface area contributed by atoms with Crippen molar-refractivity contribution in [3.63, 3.8) is 0 Å². The molecule has 190 valence electrons. The fourth-order valence-corrected chi connectivity index (χ4v) is 4.84. The van der Waals surface area contributed by atoms with Crippen LogP contribution in [0.4, 0.5) is 0 Å². The number of hydrogen-bond donors (Lipinski definition) is 2. The maximum absolute atomic E-state index is 12.0. The van der Waals surface area contributed by atoms with E-state index in [0.29, 0.717) is 18.8 Å². The smallest absolute Gasteiger partial charge is 0.338 e. The molecular formula is C30H35NO5. The number of phenolic OH excluding ortho intramolecular Hbond substituents is 1. The van der Waals surface area contributed by atoms with Crippen LogP contribution < -0.4 is 14.8 Å². The topological polar surface area (TPSA) is 77.0 Å². The van der Waals surface area contributed by atoms with Gasteiger partial charge in [0.2, 0.25) is 0 Å². The van der Waals surface area contributed by atoms with Gasteiger partial charge in [-0.1, -0.05) is 43.2 Å². The van der Waals surface area contributed by atoms with Crippen molar-refractivity contribution in [2.24, 2.45) is 0 Å². The molecule has 1 aliphatic carbocycles. The lowest BCUT2D eigenvalue weighted by Gasteiger charge is -2.31. The van der Waals surface area contributed by atoms with Gasteiger partial charge in [-0.15, -0.1) is 0 Å². The molecular weight excluding hydrogens is 454 g/mol. The monoisotopic (exact) mass is 489 g/mol. The number of phenols is 1. The van der Waals surface area contributed by atoms with Gasteiger partial charge in [-0.25, -0.2) is 4.79 Å². The highest BCUT2D eigenvalue weighted by Crippen LogP contribution is 2.33. The molecule has 4 rings (SSSR count). The van der Waals surface area contributed by atoms with Crippen LogP contribution in [0, 0.1) is 0 Å². The van der Waals surface area contributed by atoms with Crippen LogP contribution in [-0.4, -0.2) is 36.9 Å². The van der Waals surface area contributed by atoms with Crippen LogP contribution in [0.15, 0.2) is 72.8 Å². The van der Waals surface area contributed by atoms with Crippen LogP contribution >= 0.6 is 0 Å². The van der Waals surface area contributed by atoms with Gasteiger partial charge in [-0.3, -0.25) is 0 Å². The molecule has 6 nitrogen and oxygen atoms in total. The zero-order valence-electron chi connectivity index (χ0n) is 20.9. The van der Waals surface area contributed by atoms with Crippen molar-refractivity contribution in [1.82, 2.24) is 5.32 Å². The summed E-state index contributed by atoms with van der Waals surface area (Å²) < 4.78 is 16.6. The minimum Gasteiger partial charge on any atom is -0.508 e. The molecule has 0 aliphatic heterocycles. The van der Waals surface area contributed by atoms with Crippen LogP contribution in [0.1, 0.15) is 53.6 Å². The number of carbonyl (C=O) groups excluding carboxylic acids is 1. The Labute approximate surface area is 213 Å². The third-order valence-electron chi connectivity index (χ3n) is 6.77. The van der Waals surface area contributed by atoms with E-state index >= 15 is 0 Å². The molecule has 0 spiro atoms. The van der Waals surface area contributed by atoms with Crippen molar-refractivity contribution in [1.29, 1.82) is 0 Å². The van der Waals surface area contributed by atoms with Crippen molar-refractivity contribution < 1.29 is 24.1 Å². The number of esters is 1. The van der Waals surface area contributed by atoms with E-state index in [4.69, 9.17) is 14.2 Å². The zero-order valence-corrected chi connectivity index (χ0v) is 20.9. The summed E-state index contributed by atoms with van der Waals surface area (Å²) in [5.41, 5.74) is 2.74. The molecule has 2 N–H and O–H groups in total. The van der Waals surface area contributed by atoms with Gasteiger partial charge in [0.05, 0.1) is 19.3 Å². The molecule has 36 heavy (non-hydrogen) atoms. The van der Waals surface area contributed by atoms with Gasteiger partial charge in [0.15, 0.2) is 0 Å². The summed E-state index contributed by atoms with van der Waals surface area (Å²) in [4.78, 5) is 12.0. The van der Waals surface area contributed by atoms with Gasteiger partial charge in [-0.05, 0) is 80.3 Å². The molecule has 0 amide bonds. The van der Waals surface area contributed by atoms with Gasteiger partial charge < -0.3 is 24.6 Å². The molecule has 0 unspecified atom stereocenters. The zero-order chi connectivity index (χ0) is 25.2. The van der Waals surface area contributed by atoms with E-state index in [1.807, 2.05) is 30.3 Å². The minimum absolute atomic E-state index is 0.125. The van der Waals surface area contributed by atoms with Crippen LogP contribution in [-0.2, 0) is 17.8 Å². The number of carbonyl (C=O) groups is 1. The van der Waals surface area contributed by atoms with E-state index in [-0.39, 0.29) is 17.3 Å². The quantitative estimate of drug-likeness (QED) is 0.252. The molecule has 0 radical (unpaired) electrons. The van der Waals surface area contributed by atoms with Crippen molar-refractivity contribution >= 4 is 5.97 Å². The Bertz CT molecular complexity index is 1100. The SMILES string of the molecule is COC(=O)c1ccccc1COc1ccc(CC2(NCCCOc3ccc(O)cc3)CCCC2)cc1. The van der Waals surface area contributed by atoms with Gasteiger partial charge >= 0.3 is 5.97 Å². The highest BCUT2D eigenvalue weighted by Gasteiger charge is 2.33. The summed E-state index contributed by atoms with van der Waals surface area (Å²) in [6.07, 6.45) is 6.75. The average molecular weight is 490 g/mol. The molecule has 0 bridgehead atoms. The number of aromatic hydroxyl groups is 1. The van der Waals surface area contributed by atoms with Gasteiger partial charge in [-0.2, -0.15) is 0 Å². The second kappa shape index (κ2) is 12.5. The van der Waals surface area contributed by atoms with Crippen LogP contribution in [0.2, 0.25) is 0 Å². The Hall–Kier alpha value is -3.51. The molecule has 0 heterocycles. The molecule has 0 atom stereocenters. The van der Waals surface area contributed by atoms with Crippen molar-refractivity contribution in [3.8, 4) is 17.2 Å². The predicted molar refractivity (Wildman–Crippen MR) is 140 cm³/mol. The van der Waals surface area contributed by atoms with Crippen LogP contribution in [0.25, 0.3) is 0 Å². The highest BCUT2D eigenvalue weighted by atomic mass is 16.5. The Balaban J connectivity index is 1.26. The Morgan fingerprint density at radius 2 is 1.58 bits per heavy atom.